The average Bonchev–Trinajstić information content (AvgIpc) is 2.86. The number of nitrogens with one attached hydrogen (secondary N) is 1. The van der Waals surface area contributed by atoms with Gasteiger partial charge in [0, 0.05) is 17.6 Å². The molecule has 3 aromatic rings. The number of carbonyl (C=O) groups is 2. The highest BCUT2D eigenvalue weighted by Gasteiger charge is 2.33. The van der Waals surface area contributed by atoms with Gasteiger partial charge in [-0.3, -0.25) is 13.9 Å². The molecule has 0 aliphatic heterocycles. The molecular formula is C29H33F2N3O4S. The summed E-state index contributed by atoms with van der Waals surface area (Å²) in [6, 6.07) is 15.6. The van der Waals surface area contributed by atoms with Crippen LogP contribution in [0.3, 0.4) is 0 Å². The van der Waals surface area contributed by atoms with Crippen molar-refractivity contribution in [1.29, 1.82) is 0 Å². The van der Waals surface area contributed by atoms with Gasteiger partial charge < -0.3 is 10.2 Å². The molecule has 0 fully saturated rings. The van der Waals surface area contributed by atoms with Crippen LogP contribution in [0.1, 0.15) is 38.8 Å². The number of rotatable bonds is 9. The molecular weight excluding hydrogens is 524 g/mol. The van der Waals surface area contributed by atoms with Crippen LogP contribution in [0.25, 0.3) is 0 Å². The highest BCUT2D eigenvalue weighted by molar-refractivity contribution is 7.92. The molecule has 0 radical (unpaired) electrons. The van der Waals surface area contributed by atoms with E-state index < -0.39 is 51.6 Å². The van der Waals surface area contributed by atoms with E-state index in [4.69, 9.17) is 0 Å². The fourth-order valence-corrected chi connectivity index (χ4v) is 5.25. The Labute approximate surface area is 228 Å². The van der Waals surface area contributed by atoms with Crippen molar-refractivity contribution in [1.82, 2.24) is 10.2 Å². The van der Waals surface area contributed by atoms with Gasteiger partial charge in [0.1, 0.15) is 24.2 Å². The third-order valence-corrected chi connectivity index (χ3v) is 7.75. The molecule has 0 bridgehead atoms. The van der Waals surface area contributed by atoms with Crippen molar-refractivity contribution in [3.05, 3.63) is 95.6 Å². The first kappa shape index (κ1) is 29.8. The third-order valence-electron chi connectivity index (χ3n) is 5.97. The largest absolute Gasteiger partial charge is 0.350 e. The molecule has 0 aromatic heterocycles. The van der Waals surface area contributed by atoms with Crippen molar-refractivity contribution in [2.45, 2.75) is 57.6 Å². The van der Waals surface area contributed by atoms with Gasteiger partial charge in [-0.05, 0) is 77.1 Å². The van der Waals surface area contributed by atoms with Gasteiger partial charge in [0.05, 0.1) is 10.6 Å². The van der Waals surface area contributed by atoms with Crippen molar-refractivity contribution in [3.63, 3.8) is 0 Å². The van der Waals surface area contributed by atoms with E-state index in [2.05, 4.69) is 5.32 Å². The van der Waals surface area contributed by atoms with Gasteiger partial charge in [0.25, 0.3) is 10.0 Å². The van der Waals surface area contributed by atoms with E-state index in [1.165, 1.54) is 25.1 Å². The SMILES string of the molecule is Cc1ccc(N(CC(=O)N(Cc2ccccc2F)C(C)C(=O)NC(C)(C)C)S(=O)(=O)c2ccc(F)cc2)cc1. The van der Waals surface area contributed by atoms with Crippen LogP contribution in [0.4, 0.5) is 14.5 Å². The fraction of sp³-hybridized carbons (Fsp3) is 0.310. The molecule has 0 aliphatic carbocycles. The Kier molecular flexibility index (Phi) is 9.11. The summed E-state index contributed by atoms with van der Waals surface area (Å²) >= 11 is 0. The summed E-state index contributed by atoms with van der Waals surface area (Å²) in [6.07, 6.45) is 0. The van der Waals surface area contributed by atoms with Crippen LogP contribution in [-0.2, 0) is 26.2 Å². The molecule has 0 aliphatic rings. The third kappa shape index (κ3) is 7.63. The van der Waals surface area contributed by atoms with Crippen molar-refractivity contribution in [2.24, 2.45) is 0 Å². The van der Waals surface area contributed by atoms with E-state index >= 15 is 0 Å². The molecule has 2 amide bonds. The summed E-state index contributed by atoms with van der Waals surface area (Å²) < 4.78 is 56.4. The van der Waals surface area contributed by atoms with Crippen LogP contribution in [0.5, 0.6) is 0 Å². The van der Waals surface area contributed by atoms with E-state index in [1.54, 1.807) is 51.1 Å². The molecule has 3 aromatic carbocycles. The second kappa shape index (κ2) is 11.9. The number of carbonyl (C=O) groups excluding carboxylic acids is 2. The molecule has 208 valence electrons. The van der Waals surface area contributed by atoms with Crippen LogP contribution in [0.15, 0.2) is 77.7 Å². The van der Waals surface area contributed by atoms with Crippen LogP contribution < -0.4 is 9.62 Å². The molecule has 3 rings (SSSR count). The standard InChI is InChI=1S/C29H33F2N3O4S/c1-20-10-14-24(15-11-20)34(39(37,38)25-16-12-23(30)13-17-25)19-27(35)33(18-22-8-6-7-9-26(22)31)21(2)28(36)32-29(3,4)5/h6-17,21H,18-19H2,1-5H3,(H,32,36). The predicted molar refractivity (Wildman–Crippen MR) is 146 cm³/mol. The quantitative estimate of drug-likeness (QED) is 0.410. The van der Waals surface area contributed by atoms with Gasteiger partial charge in [0.2, 0.25) is 11.8 Å². The first-order valence-electron chi connectivity index (χ1n) is 12.4. The van der Waals surface area contributed by atoms with Gasteiger partial charge in [-0.1, -0.05) is 35.9 Å². The Morgan fingerprint density at radius 1 is 0.923 bits per heavy atom. The maximum atomic E-state index is 14.6. The molecule has 0 spiro atoms. The first-order chi connectivity index (χ1) is 18.2. The lowest BCUT2D eigenvalue weighted by Crippen LogP contribution is -2.54. The van der Waals surface area contributed by atoms with E-state index in [9.17, 15) is 26.8 Å². The van der Waals surface area contributed by atoms with Crippen LogP contribution >= 0.6 is 0 Å². The zero-order valence-electron chi connectivity index (χ0n) is 22.6. The van der Waals surface area contributed by atoms with Crippen molar-refractivity contribution in [2.75, 3.05) is 10.8 Å². The number of amides is 2. The fourth-order valence-electron chi connectivity index (χ4n) is 3.84. The van der Waals surface area contributed by atoms with Gasteiger partial charge in [-0.15, -0.1) is 0 Å². The Balaban J connectivity index is 2.04. The van der Waals surface area contributed by atoms with Crippen LogP contribution in [0.2, 0.25) is 0 Å². The van der Waals surface area contributed by atoms with Crippen molar-refractivity contribution >= 4 is 27.5 Å². The van der Waals surface area contributed by atoms with Crippen LogP contribution in [0, 0.1) is 18.6 Å². The van der Waals surface area contributed by atoms with Gasteiger partial charge >= 0.3 is 0 Å². The minimum absolute atomic E-state index is 0.171. The van der Waals surface area contributed by atoms with E-state index in [1.807, 2.05) is 6.92 Å². The monoisotopic (exact) mass is 557 g/mol. The van der Waals surface area contributed by atoms with Gasteiger partial charge in [0.15, 0.2) is 0 Å². The van der Waals surface area contributed by atoms with Gasteiger partial charge in [-0.2, -0.15) is 0 Å². The Morgan fingerprint density at radius 3 is 2.08 bits per heavy atom. The number of hydrogen-bond acceptors (Lipinski definition) is 4. The highest BCUT2D eigenvalue weighted by Crippen LogP contribution is 2.25. The molecule has 1 N–H and O–H groups in total. The van der Waals surface area contributed by atoms with Crippen LogP contribution in [-0.4, -0.2) is 43.3 Å². The molecule has 0 saturated carbocycles. The number of nitrogens with zero attached hydrogens (tertiary/aromatic N) is 2. The average molecular weight is 558 g/mol. The van der Waals surface area contributed by atoms with Crippen molar-refractivity contribution < 1.29 is 26.8 Å². The summed E-state index contributed by atoms with van der Waals surface area (Å²) in [5, 5.41) is 2.81. The molecule has 0 saturated heterocycles. The number of benzene rings is 3. The lowest BCUT2D eigenvalue weighted by Gasteiger charge is -2.33. The number of halogens is 2. The summed E-state index contributed by atoms with van der Waals surface area (Å²) in [5.41, 5.74) is 0.649. The van der Waals surface area contributed by atoms with Crippen molar-refractivity contribution in [3.8, 4) is 0 Å². The minimum atomic E-state index is -4.32. The lowest BCUT2D eigenvalue weighted by molar-refractivity contribution is -0.140. The molecule has 1 unspecified atom stereocenters. The summed E-state index contributed by atoms with van der Waals surface area (Å²) in [5.74, 6) is -2.37. The molecule has 10 heteroatoms. The second-order valence-corrected chi connectivity index (χ2v) is 12.2. The second-order valence-electron chi connectivity index (χ2n) is 10.3. The Morgan fingerprint density at radius 2 is 1.51 bits per heavy atom. The first-order valence-corrected chi connectivity index (χ1v) is 13.8. The predicted octanol–water partition coefficient (Wildman–Crippen LogP) is 4.80. The van der Waals surface area contributed by atoms with E-state index in [0.29, 0.717) is 0 Å². The maximum absolute atomic E-state index is 14.6. The summed E-state index contributed by atoms with van der Waals surface area (Å²) in [7, 11) is -4.32. The molecule has 39 heavy (non-hydrogen) atoms. The minimum Gasteiger partial charge on any atom is -0.350 e. The Hall–Kier alpha value is -3.79. The topological polar surface area (TPSA) is 86.8 Å². The van der Waals surface area contributed by atoms with E-state index in [0.717, 1.165) is 39.0 Å². The Bertz CT molecular complexity index is 1420. The van der Waals surface area contributed by atoms with E-state index in [-0.39, 0.29) is 22.7 Å². The number of sulfonamides is 1. The number of aryl methyl sites for hydroxylation is 1. The number of hydrogen-bond donors (Lipinski definition) is 1. The normalized spacial score (nSPS) is 12.5. The molecule has 0 heterocycles. The summed E-state index contributed by atoms with van der Waals surface area (Å²) in [4.78, 5) is 27.8. The summed E-state index contributed by atoms with van der Waals surface area (Å²) in [6.45, 7) is 7.76. The molecule has 1 atom stereocenters. The maximum Gasteiger partial charge on any atom is 0.264 e. The zero-order chi connectivity index (χ0) is 29.0. The highest BCUT2D eigenvalue weighted by atomic mass is 32.2. The lowest BCUT2D eigenvalue weighted by atomic mass is 10.1. The number of anilines is 1. The molecule has 7 nitrogen and oxygen atoms in total. The zero-order valence-corrected chi connectivity index (χ0v) is 23.4. The van der Waals surface area contributed by atoms with Gasteiger partial charge in [-0.25, -0.2) is 17.2 Å². The smallest absolute Gasteiger partial charge is 0.264 e.